The summed E-state index contributed by atoms with van der Waals surface area (Å²) in [5, 5.41) is 3.12. The van der Waals surface area contributed by atoms with Crippen LogP contribution in [0.4, 0.5) is 13.2 Å². The van der Waals surface area contributed by atoms with Gasteiger partial charge < -0.3 is 10.2 Å². The first kappa shape index (κ1) is 14.3. The van der Waals surface area contributed by atoms with Crippen LogP contribution >= 0.6 is 0 Å². The molecule has 1 rings (SSSR count). The number of halogens is 3. The quantitative estimate of drug-likeness (QED) is 0.811. The Labute approximate surface area is 99.4 Å². The molecule has 0 aromatic carbocycles. The van der Waals surface area contributed by atoms with Crippen molar-refractivity contribution >= 4 is 5.91 Å². The smallest absolute Gasteiger partial charge is 0.338 e. The predicted octanol–water partition coefficient (Wildman–Crippen LogP) is 1.93. The second-order valence-electron chi connectivity index (χ2n) is 4.35. The Morgan fingerprint density at radius 2 is 2.18 bits per heavy atom. The van der Waals surface area contributed by atoms with Crippen molar-refractivity contribution in [2.45, 2.75) is 44.8 Å². The van der Waals surface area contributed by atoms with Gasteiger partial charge in [-0.05, 0) is 19.4 Å². The number of hydrogen-bond acceptors (Lipinski definition) is 2. The molecule has 6 heteroatoms. The molecular weight excluding hydrogens is 233 g/mol. The maximum atomic E-state index is 12.1. The Morgan fingerprint density at radius 3 is 2.65 bits per heavy atom. The standard InChI is InChI=1S/C11H19F3N2O/c1-2-7-16(9-4-6-15-8-9)10(17)3-5-11(12,13)14/h9,15H,2-8H2,1H3. The average Bonchev–Trinajstić information content (AvgIpc) is 2.74. The number of hydrogen-bond donors (Lipinski definition) is 1. The van der Waals surface area contributed by atoms with Gasteiger partial charge >= 0.3 is 6.18 Å². The molecule has 0 aromatic rings. The van der Waals surface area contributed by atoms with Gasteiger partial charge in [-0.3, -0.25) is 4.79 Å². The van der Waals surface area contributed by atoms with Crippen LogP contribution in [0.5, 0.6) is 0 Å². The van der Waals surface area contributed by atoms with Gasteiger partial charge in [-0.25, -0.2) is 0 Å². The van der Waals surface area contributed by atoms with Gasteiger partial charge in [-0.2, -0.15) is 13.2 Å². The molecule has 1 atom stereocenters. The molecule has 0 spiro atoms. The lowest BCUT2D eigenvalue weighted by Gasteiger charge is -2.28. The Kier molecular flexibility index (Phi) is 5.24. The number of rotatable bonds is 5. The van der Waals surface area contributed by atoms with Gasteiger partial charge in [0, 0.05) is 25.6 Å². The maximum absolute atomic E-state index is 12.1. The summed E-state index contributed by atoms with van der Waals surface area (Å²) >= 11 is 0. The van der Waals surface area contributed by atoms with Crippen LogP contribution in [-0.2, 0) is 4.79 Å². The zero-order valence-electron chi connectivity index (χ0n) is 10.0. The van der Waals surface area contributed by atoms with Gasteiger partial charge in [0.25, 0.3) is 0 Å². The molecule has 17 heavy (non-hydrogen) atoms. The van der Waals surface area contributed by atoms with Crippen molar-refractivity contribution in [1.82, 2.24) is 10.2 Å². The van der Waals surface area contributed by atoms with Crippen LogP contribution in [0.3, 0.4) is 0 Å². The number of amides is 1. The highest BCUT2D eigenvalue weighted by molar-refractivity contribution is 5.76. The summed E-state index contributed by atoms with van der Waals surface area (Å²) in [6.07, 6.45) is -4.10. The third-order valence-electron chi connectivity index (χ3n) is 2.88. The number of carbonyl (C=O) groups is 1. The summed E-state index contributed by atoms with van der Waals surface area (Å²) < 4.78 is 36.2. The molecule has 1 unspecified atom stereocenters. The second kappa shape index (κ2) is 6.23. The van der Waals surface area contributed by atoms with Crippen LogP contribution in [0.2, 0.25) is 0 Å². The van der Waals surface area contributed by atoms with Crippen LogP contribution in [0, 0.1) is 0 Å². The van der Waals surface area contributed by atoms with Crippen molar-refractivity contribution in [2.24, 2.45) is 0 Å². The molecule has 0 saturated carbocycles. The fourth-order valence-electron chi connectivity index (χ4n) is 2.05. The first-order valence-corrected chi connectivity index (χ1v) is 6.01. The van der Waals surface area contributed by atoms with E-state index in [4.69, 9.17) is 0 Å². The predicted molar refractivity (Wildman–Crippen MR) is 58.6 cm³/mol. The Balaban J connectivity index is 2.48. The second-order valence-corrected chi connectivity index (χ2v) is 4.35. The van der Waals surface area contributed by atoms with Gasteiger partial charge in [0.05, 0.1) is 6.42 Å². The van der Waals surface area contributed by atoms with Gasteiger partial charge in [0.2, 0.25) is 5.91 Å². The van der Waals surface area contributed by atoms with E-state index in [9.17, 15) is 18.0 Å². The SMILES string of the molecule is CCCN(C(=O)CCC(F)(F)F)C1CCNC1. The van der Waals surface area contributed by atoms with E-state index in [0.717, 1.165) is 19.4 Å². The largest absolute Gasteiger partial charge is 0.389 e. The normalized spacial score (nSPS) is 20.6. The molecule has 0 radical (unpaired) electrons. The zero-order valence-corrected chi connectivity index (χ0v) is 10.0. The van der Waals surface area contributed by atoms with Crippen molar-refractivity contribution in [2.75, 3.05) is 19.6 Å². The topological polar surface area (TPSA) is 32.3 Å². The molecule has 3 nitrogen and oxygen atoms in total. The fraction of sp³-hybridized carbons (Fsp3) is 0.909. The van der Waals surface area contributed by atoms with E-state index in [1.54, 1.807) is 4.90 Å². The molecule has 1 saturated heterocycles. The van der Waals surface area contributed by atoms with E-state index in [-0.39, 0.29) is 11.9 Å². The summed E-state index contributed by atoms with van der Waals surface area (Å²) in [6, 6.07) is 0.0654. The van der Waals surface area contributed by atoms with Gasteiger partial charge in [-0.1, -0.05) is 6.92 Å². The zero-order chi connectivity index (χ0) is 12.9. The number of nitrogens with zero attached hydrogens (tertiary/aromatic N) is 1. The fourth-order valence-corrected chi connectivity index (χ4v) is 2.05. The van der Waals surface area contributed by atoms with E-state index >= 15 is 0 Å². The van der Waals surface area contributed by atoms with E-state index in [0.29, 0.717) is 13.1 Å². The van der Waals surface area contributed by atoms with Crippen LogP contribution in [0.1, 0.15) is 32.6 Å². The Bertz CT molecular complexity index is 250. The molecule has 1 amide bonds. The maximum Gasteiger partial charge on any atom is 0.389 e. The van der Waals surface area contributed by atoms with Crippen LogP contribution < -0.4 is 5.32 Å². The summed E-state index contributed by atoms with van der Waals surface area (Å²) in [6.45, 7) is 3.99. The summed E-state index contributed by atoms with van der Waals surface area (Å²) in [5.41, 5.74) is 0. The molecule has 0 bridgehead atoms. The minimum atomic E-state index is -4.25. The average molecular weight is 252 g/mol. The molecule has 1 heterocycles. The molecule has 100 valence electrons. The highest BCUT2D eigenvalue weighted by atomic mass is 19.4. The summed E-state index contributed by atoms with van der Waals surface area (Å²) in [7, 11) is 0. The molecule has 1 aliphatic rings. The number of carbonyl (C=O) groups excluding carboxylic acids is 1. The lowest BCUT2D eigenvalue weighted by molar-refractivity contribution is -0.150. The van der Waals surface area contributed by atoms with Gasteiger partial charge in [-0.15, -0.1) is 0 Å². The van der Waals surface area contributed by atoms with Crippen LogP contribution in [-0.4, -0.2) is 42.7 Å². The molecule has 1 fully saturated rings. The first-order chi connectivity index (χ1) is 7.94. The molecular formula is C11H19F3N2O. The van der Waals surface area contributed by atoms with Crippen LogP contribution in [0.15, 0.2) is 0 Å². The third-order valence-corrected chi connectivity index (χ3v) is 2.88. The number of nitrogens with one attached hydrogen (secondary N) is 1. The Morgan fingerprint density at radius 1 is 1.47 bits per heavy atom. The highest BCUT2D eigenvalue weighted by Crippen LogP contribution is 2.22. The summed E-state index contributed by atoms with van der Waals surface area (Å²) in [5.74, 6) is -0.377. The van der Waals surface area contributed by atoms with E-state index in [1.807, 2.05) is 6.92 Å². The van der Waals surface area contributed by atoms with E-state index in [2.05, 4.69) is 5.32 Å². The number of alkyl halides is 3. The van der Waals surface area contributed by atoms with Crippen molar-refractivity contribution in [3.05, 3.63) is 0 Å². The minimum Gasteiger partial charge on any atom is -0.338 e. The van der Waals surface area contributed by atoms with Gasteiger partial charge in [0.15, 0.2) is 0 Å². The monoisotopic (exact) mass is 252 g/mol. The van der Waals surface area contributed by atoms with Crippen molar-refractivity contribution in [3.63, 3.8) is 0 Å². The Hall–Kier alpha value is -0.780. The van der Waals surface area contributed by atoms with Crippen molar-refractivity contribution < 1.29 is 18.0 Å². The third kappa shape index (κ3) is 4.93. The van der Waals surface area contributed by atoms with Gasteiger partial charge in [0.1, 0.15) is 0 Å². The highest BCUT2D eigenvalue weighted by Gasteiger charge is 2.31. The molecule has 1 N–H and O–H groups in total. The summed E-state index contributed by atoms with van der Waals surface area (Å²) in [4.78, 5) is 13.4. The minimum absolute atomic E-state index is 0.0654. The first-order valence-electron chi connectivity index (χ1n) is 6.01. The molecule has 0 aliphatic carbocycles. The van der Waals surface area contributed by atoms with E-state index < -0.39 is 19.0 Å². The lowest BCUT2D eigenvalue weighted by Crippen LogP contribution is -2.42. The van der Waals surface area contributed by atoms with Crippen LogP contribution in [0.25, 0.3) is 0 Å². The van der Waals surface area contributed by atoms with Crippen molar-refractivity contribution in [1.29, 1.82) is 0 Å². The molecule has 1 aliphatic heterocycles. The molecule has 0 aromatic heterocycles. The lowest BCUT2D eigenvalue weighted by atomic mass is 10.1. The van der Waals surface area contributed by atoms with Crippen molar-refractivity contribution in [3.8, 4) is 0 Å². The van der Waals surface area contributed by atoms with E-state index in [1.165, 1.54) is 0 Å².